The number of H-pyrrole nitrogens is 1. The van der Waals surface area contributed by atoms with Crippen molar-refractivity contribution in [1.82, 2.24) is 4.98 Å². The van der Waals surface area contributed by atoms with E-state index in [4.69, 9.17) is 10.4 Å². The van der Waals surface area contributed by atoms with Gasteiger partial charge in [0.2, 0.25) is 0 Å². The molecule has 14 heavy (non-hydrogen) atoms. The molecule has 0 atom stereocenters. The standard InChI is InChI=1S/C9H8N2O3/c1-5-2-6(3-8(12)13)7(4-10)9(14)11-5/h2H,3H2,1H3,(H,11,14)(H,12,13). The lowest BCUT2D eigenvalue weighted by molar-refractivity contribution is -0.136. The number of aryl methyl sites for hydroxylation is 1. The molecule has 0 fully saturated rings. The lowest BCUT2D eigenvalue weighted by Crippen LogP contribution is -2.16. The topological polar surface area (TPSA) is 93.9 Å². The zero-order chi connectivity index (χ0) is 10.7. The first-order valence-corrected chi connectivity index (χ1v) is 3.89. The molecule has 0 spiro atoms. The number of nitrogens with zero attached hydrogens (tertiary/aromatic N) is 1. The van der Waals surface area contributed by atoms with E-state index in [1.165, 1.54) is 6.07 Å². The Bertz CT molecular complexity index is 468. The number of nitrogens with one attached hydrogen (secondary N) is 1. The van der Waals surface area contributed by atoms with E-state index in [0.717, 1.165) is 0 Å². The Morgan fingerprint density at radius 3 is 2.86 bits per heavy atom. The Morgan fingerprint density at radius 1 is 1.71 bits per heavy atom. The summed E-state index contributed by atoms with van der Waals surface area (Å²) >= 11 is 0. The Hall–Kier alpha value is -2.09. The van der Waals surface area contributed by atoms with Gasteiger partial charge in [-0.2, -0.15) is 5.26 Å². The molecule has 0 aromatic carbocycles. The molecule has 1 heterocycles. The second-order valence-electron chi connectivity index (χ2n) is 2.86. The second kappa shape index (κ2) is 3.75. The molecular formula is C9H8N2O3. The van der Waals surface area contributed by atoms with Gasteiger partial charge in [-0.1, -0.05) is 0 Å². The van der Waals surface area contributed by atoms with Gasteiger partial charge in [0.25, 0.3) is 5.56 Å². The Morgan fingerprint density at radius 2 is 2.36 bits per heavy atom. The van der Waals surface area contributed by atoms with Crippen LogP contribution >= 0.6 is 0 Å². The van der Waals surface area contributed by atoms with Crippen molar-refractivity contribution in [2.75, 3.05) is 0 Å². The highest BCUT2D eigenvalue weighted by Gasteiger charge is 2.10. The van der Waals surface area contributed by atoms with Gasteiger partial charge < -0.3 is 10.1 Å². The average molecular weight is 192 g/mol. The van der Waals surface area contributed by atoms with Crippen LogP contribution < -0.4 is 5.56 Å². The van der Waals surface area contributed by atoms with Crippen LogP contribution in [0.3, 0.4) is 0 Å². The molecule has 0 aliphatic carbocycles. The van der Waals surface area contributed by atoms with Crippen molar-refractivity contribution in [3.63, 3.8) is 0 Å². The van der Waals surface area contributed by atoms with Crippen LogP contribution in [0, 0.1) is 18.3 Å². The van der Waals surface area contributed by atoms with Crippen LogP contribution in [0.5, 0.6) is 0 Å². The maximum Gasteiger partial charge on any atom is 0.307 e. The van der Waals surface area contributed by atoms with Gasteiger partial charge in [-0.15, -0.1) is 0 Å². The van der Waals surface area contributed by atoms with Gasteiger partial charge in [0.05, 0.1) is 6.42 Å². The fourth-order valence-electron chi connectivity index (χ4n) is 1.18. The Balaban J connectivity index is 3.34. The minimum absolute atomic E-state index is 0.127. The van der Waals surface area contributed by atoms with Crippen molar-refractivity contribution >= 4 is 5.97 Å². The molecule has 0 saturated carbocycles. The third kappa shape index (κ3) is 1.98. The van der Waals surface area contributed by atoms with Crippen molar-refractivity contribution in [1.29, 1.82) is 5.26 Å². The fourth-order valence-corrected chi connectivity index (χ4v) is 1.18. The third-order valence-electron chi connectivity index (χ3n) is 1.70. The second-order valence-corrected chi connectivity index (χ2v) is 2.86. The largest absolute Gasteiger partial charge is 0.481 e. The van der Waals surface area contributed by atoms with Gasteiger partial charge >= 0.3 is 5.97 Å². The number of carbonyl (C=O) groups is 1. The number of rotatable bonds is 2. The van der Waals surface area contributed by atoms with Gasteiger partial charge in [-0.3, -0.25) is 9.59 Å². The molecule has 5 heteroatoms. The van der Waals surface area contributed by atoms with Crippen LogP contribution in [-0.2, 0) is 11.2 Å². The third-order valence-corrected chi connectivity index (χ3v) is 1.70. The normalized spacial score (nSPS) is 9.43. The van der Waals surface area contributed by atoms with Crippen LogP contribution in [0.25, 0.3) is 0 Å². The zero-order valence-electron chi connectivity index (χ0n) is 7.50. The maximum absolute atomic E-state index is 11.2. The number of pyridine rings is 1. The summed E-state index contributed by atoms with van der Waals surface area (Å²) in [6, 6.07) is 3.18. The van der Waals surface area contributed by atoms with Gasteiger partial charge in [0, 0.05) is 5.69 Å². The fraction of sp³-hybridized carbons (Fsp3) is 0.222. The Labute approximate surface area is 79.6 Å². The van der Waals surface area contributed by atoms with E-state index in [1.54, 1.807) is 13.0 Å². The molecule has 0 radical (unpaired) electrons. The first-order chi connectivity index (χ1) is 6.54. The summed E-state index contributed by atoms with van der Waals surface area (Å²) in [6.07, 6.45) is -0.312. The van der Waals surface area contributed by atoms with E-state index in [-0.39, 0.29) is 17.5 Å². The maximum atomic E-state index is 11.2. The van der Waals surface area contributed by atoms with Gasteiger partial charge in [-0.05, 0) is 18.6 Å². The summed E-state index contributed by atoms with van der Waals surface area (Å²) in [6.45, 7) is 1.63. The minimum atomic E-state index is -1.06. The summed E-state index contributed by atoms with van der Waals surface area (Å²) in [5, 5.41) is 17.2. The molecule has 1 aromatic rings. The van der Waals surface area contributed by atoms with Crippen molar-refractivity contribution < 1.29 is 9.90 Å². The minimum Gasteiger partial charge on any atom is -0.481 e. The number of nitriles is 1. The highest BCUT2D eigenvalue weighted by molar-refractivity contribution is 5.71. The van der Waals surface area contributed by atoms with E-state index < -0.39 is 11.5 Å². The lowest BCUT2D eigenvalue weighted by atomic mass is 10.1. The number of carboxylic acids is 1. The van der Waals surface area contributed by atoms with Crippen molar-refractivity contribution in [3.05, 3.63) is 33.2 Å². The monoisotopic (exact) mass is 192 g/mol. The van der Waals surface area contributed by atoms with Crippen LogP contribution in [0.15, 0.2) is 10.9 Å². The van der Waals surface area contributed by atoms with Crippen LogP contribution in [-0.4, -0.2) is 16.1 Å². The summed E-state index contributed by atoms with van der Waals surface area (Å²) < 4.78 is 0. The molecule has 0 amide bonds. The van der Waals surface area contributed by atoms with E-state index in [1.807, 2.05) is 0 Å². The smallest absolute Gasteiger partial charge is 0.307 e. The quantitative estimate of drug-likeness (QED) is 0.698. The molecule has 0 bridgehead atoms. The van der Waals surface area contributed by atoms with Crippen LogP contribution in [0.4, 0.5) is 0 Å². The summed E-state index contributed by atoms with van der Waals surface area (Å²) in [7, 11) is 0. The summed E-state index contributed by atoms with van der Waals surface area (Å²) in [4.78, 5) is 24.1. The van der Waals surface area contributed by atoms with E-state index in [0.29, 0.717) is 5.69 Å². The van der Waals surface area contributed by atoms with Crippen molar-refractivity contribution in [2.24, 2.45) is 0 Å². The molecule has 1 aromatic heterocycles. The molecule has 0 unspecified atom stereocenters. The van der Waals surface area contributed by atoms with E-state index >= 15 is 0 Å². The van der Waals surface area contributed by atoms with Crippen LogP contribution in [0.1, 0.15) is 16.8 Å². The number of aromatic amines is 1. The number of hydrogen-bond donors (Lipinski definition) is 2. The van der Waals surface area contributed by atoms with Gasteiger partial charge in [0.1, 0.15) is 11.6 Å². The highest BCUT2D eigenvalue weighted by Crippen LogP contribution is 2.05. The lowest BCUT2D eigenvalue weighted by Gasteiger charge is -2.00. The molecular weight excluding hydrogens is 184 g/mol. The number of aliphatic carboxylic acids is 1. The summed E-state index contributed by atoms with van der Waals surface area (Å²) in [5.41, 5.74) is 0.133. The van der Waals surface area contributed by atoms with Crippen molar-refractivity contribution in [3.8, 4) is 6.07 Å². The molecule has 0 aliphatic heterocycles. The number of hydrogen-bond acceptors (Lipinski definition) is 3. The van der Waals surface area contributed by atoms with E-state index in [9.17, 15) is 9.59 Å². The summed E-state index contributed by atoms with van der Waals surface area (Å²) in [5.74, 6) is -1.06. The van der Waals surface area contributed by atoms with Gasteiger partial charge in [0.15, 0.2) is 0 Å². The molecule has 2 N–H and O–H groups in total. The predicted molar refractivity (Wildman–Crippen MR) is 47.9 cm³/mol. The highest BCUT2D eigenvalue weighted by atomic mass is 16.4. The molecule has 1 rings (SSSR count). The van der Waals surface area contributed by atoms with Gasteiger partial charge in [-0.25, -0.2) is 0 Å². The van der Waals surface area contributed by atoms with Crippen molar-refractivity contribution in [2.45, 2.75) is 13.3 Å². The molecule has 5 nitrogen and oxygen atoms in total. The first kappa shape index (κ1) is 9.99. The molecule has 0 saturated heterocycles. The SMILES string of the molecule is Cc1cc(CC(=O)O)c(C#N)c(=O)[nH]1. The zero-order valence-corrected chi connectivity index (χ0v) is 7.50. The Kier molecular flexibility index (Phi) is 2.67. The first-order valence-electron chi connectivity index (χ1n) is 3.89. The molecule has 72 valence electrons. The molecule has 0 aliphatic rings. The van der Waals surface area contributed by atoms with Crippen LogP contribution in [0.2, 0.25) is 0 Å². The van der Waals surface area contributed by atoms with E-state index in [2.05, 4.69) is 4.98 Å². The number of aromatic nitrogens is 1. The number of carboxylic acid groups (broad SMARTS) is 1. The average Bonchev–Trinajstić information content (AvgIpc) is 2.01. The predicted octanol–water partition coefficient (Wildman–Crippen LogP) is 0.182.